The van der Waals surface area contributed by atoms with Gasteiger partial charge in [0.15, 0.2) is 0 Å². The molecule has 60 valence electrons. The number of hydrogen-bond acceptors (Lipinski definition) is 3. The van der Waals surface area contributed by atoms with Crippen LogP contribution >= 0.6 is 0 Å². The standard InChI is InChI=1S/C8H13N3/c1-6-3-4-7(9)8(5-6)11(2)10/h3-5H,9-10H2,1-2H3. The third kappa shape index (κ3) is 1.62. The monoisotopic (exact) mass is 151 g/mol. The SMILES string of the molecule is Cc1ccc(N)c(N(C)N)c1. The first kappa shape index (κ1) is 7.88. The third-order valence-electron chi connectivity index (χ3n) is 1.57. The minimum atomic E-state index is 0.709. The second-order valence-electron chi connectivity index (χ2n) is 2.67. The predicted octanol–water partition coefficient (Wildman–Crippen LogP) is 0.887. The van der Waals surface area contributed by atoms with Crippen LogP contribution in [0.25, 0.3) is 0 Å². The van der Waals surface area contributed by atoms with Crippen molar-refractivity contribution in [2.45, 2.75) is 6.92 Å². The summed E-state index contributed by atoms with van der Waals surface area (Å²) in [7, 11) is 1.77. The highest BCUT2D eigenvalue weighted by Gasteiger charge is 1.99. The Morgan fingerprint density at radius 3 is 2.45 bits per heavy atom. The lowest BCUT2D eigenvalue weighted by molar-refractivity contribution is 1.02. The van der Waals surface area contributed by atoms with Crippen LogP contribution < -0.4 is 16.6 Å². The van der Waals surface area contributed by atoms with E-state index >= 15 is 0 Å². The molecule has 0 bridgehead atoms. The van der Waals surface area contributed by atoms with Gasteiger partial charge < -0.3 is 10.7 Å². The van der Waals surface area contributed by atoms with Crippen LogP contribution in [0.3, 0.4) is 0 Å². The molecule has 4 N–H and O–H groups in total. The van der Waals surface area contributed by atoms with E-state index in [9.17, 15) is 0 Å². The fraction of sp³-hybridized carbons (Fsp3) is 0.250. The minimum absolute atomic E-state index is 0.709. The van der Waals surface area contributed by atoms with Crippen LogP contribution in [0.2, 0.25) is 0 Å². The summed E-state index contributed by atoms with van der Waals surface area (Å²) in [4.78, 5) is 0. The van der Waals surface area contributed by atoms with Crippen LogP contribution in [0.5, 0.6) is 0 Å². The maximum absolute atomic E-state index is 5.67. The van der Waals surface area contributed by atoms with Crippen LogP contribution in [-0.4, -0.2) is 7.05 Å². The molecular formula is C8H13N3. The molecule has 0 spiro atoms. The van der Waals surface area contributed by atoms with Crippen LogP contribution in [0, 0.1) is 6.92 Å². The number of hydrazine groups is 1. The largest absolute Gasteiger partial charge is 0.397 e. The van der Waals surface area contributed by atoms with E-state index in [1.807, 2.05) is 25.1 Å². The van der Waals surface area contributed by atoms with Crippen molar-refractivity contribution in [3.8, 4) is 0 Å². The first-order chi connectivity index (χ1) is 5.11. The molecule has 3 nitrogen and oxygen atoms in total. The third-order valence-corrected chi connectivity index (χ3v) is 1.57. The molecule has 0 heterocycles. The molecule has 1 aromatic carbocycles. The van der Waals surface area contributed by atoms with Crippen LogP contribution in [-0.2, 0) is 0 Å². The summed E-state index contributed by atoms with van der Waals surface area (Å²) in [6, 6.07) is 5.77. The van der Waals surface area contributed by atoms with E-state index in [2.05, 4.69) is 0 Å². The molecule has 0 saturated heterocycles. The Labute approximate surface area is 66.6 Å². The molecule has 0 fully saturated rings. The molecule has 1 rings (SSSR count). The van der Waals surface area contributed by atoms with E-state index in [4.69, 9.17) is 11.6 Å². The smallest absolute Gasteiger partial charge is 0.0745 e. The molecule has 0 aliphatic heterocycles. The lowest BCUT2D eigenvalue weighted by atomic mass is 10.2. The molecule has 0 unspecified atom stereocenters. The number of nitrogens with zero attached hydrogens (tertiary/aromatic N) is 1. The highest BCUT2D eigenvalue weighted by molar-refractivity contribution is 5.67. The van der Waals surface area contributed by atoms with Crippen molar-refractivity contribution in [3.05, 3.63) is 23.8 Å². The zero-order valence-corrected chi connectivity index (χ0v) is 6.83. The van der Waals surface area contributed by atoms with Gasteiger partial charge in [0.05, 0.1) is 11.4 Å². The van der Waals surface area contributed by atoms with Gasteiger partial charge >= 0.3 is 0 Å². The average molecular weight is 151 g/mol. The summed E-state index contributed by atoms with van der Waals surface area (Å²) in [5.74, 6) is 5.54. The number of nitrogen functional groups attached to an aromatic ring is 1. The zero-order chi connectivity index (χ0) is 8.43. The Bertz CT molecular complexity index is 256. The van der Waals surface area contributed by atoms with Gasteiger partial charge in [-0.15, -0.1) is 0 Å². The molecule has 0 saturated carbocycles. The average Bonchev–Trinajstić information content (AvgIpc) is 1.94. The van der Waals surface area contributed by atoms with E-state index in [-0.39, 0.29) is 0 Å². The fourth-order valence-corrected chi connectivity index (χ4v) is 0.959. The number of benzene rings is 1. The van der Waals surface area contributed by atoms with E-state index in [1.54, 1.807) is 7.05 Å². The summed E-state index contributed by atoms with van der Waals surface area (Å²) in [6.07, 6.45) is 0. The predicted molar refractivity (Wildman–Crippen MR) is 48.2 cm³/mol. The second-order valence-corrected chi connectivity index (χ2v) is 2.67. The van der Waals surface area contributed by atoms with Gasteiger partial charge in [-0.25, -0.2) is 5.84 Å². The van der Waals surface area contributed by atoms with Crippen molar-refractivity contribution >= 4 is 11.4 Å². The molecule has 1 aromatic rings. The molecule has 0 radical (unpaired) electrons. The Morgan fingerprint density at radius 2 is 2.00 bits per heavy atom. The molecule has 3 heteroatoms. The van der Waals surface area contributed by atoms with E-state index in [1.165, 1.54) is 5.01 Å². The Morgan fingerprint density at radius 1 is 1.36 bits per heavy atom. The highest BCUT2D eigenvalue weighted by atomic mass is 15.4. The maximum Gasteiger partial charge on any atom is 0.0745 e. The zero-order valence-electron chi connectivity index (χ0n) is 6.83. The Hall–Kier alpha value is -1.22. The molecule has 0 aliphatic carbocycles. The number of hydrogen-bond donors (Lipinski definition) is 2. The van der Waals surface area contributed by atoms with Crippen LogP contribution in [0.4, 0.5) is 11.4 Å². The summed E-state index contributed by atoms with van der Waals surface area (Å²) >= 11 is 0. The molecule has 0 aliphatic rings. The molecular weight excluding hydrogens is 138 g/mol. The number of rotatable bonds is 1. The van der Waals surface area contributed by atoms with Crippen molar-refractivity contribution in [1.29, 1.82) is 0 Å². The van der Waals surface area contributed by atoms with Gasteiger partial charge in [0, 0.05) is 7.05 Å². The molecule has 0 atom stereocenters. The summed E-state index contributed by atoms with van der Waals surface area (Å²) in [5.41, 5.74) is 8.40. The summed E-state index contributed by atoms with van der Waals surface area (Å²) in [6.45, 7) is 2.01. The van der Waals surface area contributed by atoms with Gasteiger partial charge in [0.25, 0.3) is 0 Å². The van der Waals surface area contributed by atoms with Gasteiger partial charge in [-0.1, -0.05) is 6.07 Å². The van der Waals surface area contributed by atoms with Crippen LogP contribution in [0.15, 0.2) is 18.2 Å². The number of anilines is 2. The van der Waals surface area contributed by atoms with Crippen molar-refractivity contribution in [3.63, 3.8) is 0 Å². The topological polar surface area (TPSA) is 55.3 Å². The first-order valence-electron chi connectivity index (χ1n) is 3.46. The van der Waals surface area contributed by atoms with Gasteiger partial charge in [0.2, 0.25) is 0 Å². The van der Waals surface area contributed by atoms with Gasteiger partial charge in [0.1, 0.15) is 0 Å². The van der Waals surface area contributed by atoms with Crippen molar-refractivity contribution in [2.75, 3.05) is 17.8 Å². The Balaban J connectivity index is 3.13. The van der Waals surface area contributed by atoms with Gasteiger partial charge in [-0.05, 0) is 24.6 Å². The quantitative estimate of drug-likeness (QED) is 0.356. The number of aryl methyl sites for hydroxylation is 1. The molecule has 0 amide bonds. The second kappa shape index (κ2) is 2.80. The van der Waals surface area contributed by atoms with Crippen molar-refractivity contribution in [2.24, 2.45) is 5.84 Å². The summed E-state index contributed by atoms with van der Waals surface area (Å²) in [5, 5.41) is 1.52. The van der Waals surface area contributed by atoms with E-state index < -0.39 is 0 Å². The normalized spacial score (nSPS) is 9.73. The molecule has 0 aromatic heterocycles. The first-order valence-corrected chi connectivity index (χ1v) is 3.46. The highest BCUT2D eigenvalue weighted by Crippen LogP contribution is 2.20. The van der Waals surface area contributed by atoms with E-state index in [0.717, 1.165) is 11.3 Å². The lowest BCUT2D eigenvalue weighted by Gasteiger charge is -2.14. The Kier molecular flexibility index (Phi) is 2.01. The fourth-order valence-electron chi connectivity index (χ4n) is 0.959. The summed E-state index contributed by atoms with van der Waals surface area (Å²) < 4.78 is 0. The van der Waals surface area contributed by atoms with E-state index in [0.29, 0.717) is 5.69 Å². The van der Waals surface area contributed by atoms with Crippen molar-refractivity contribution < 1.29 is 0 Å². The number of nitrogens with two attached hydrogens (primary N) is 2. The van der Waals surface area contributed by atoms with Gasteiger partial charge in [-0.2, -0.15) is 0 Å². The van der Waals surface area contributed by atoms with Crippen LogP contribution in [0.1, 0.15) is 5.56 Å². The minimum Gasteiger partial charge on any atom is -0.397 e. The maximum atomic E-state index is 5.67. The van der Waals surface area contributed by atoms with Crippen molar-refractivity contribution in [1.82, 2.24) is 0 Å². The van der Waals surface area contributed by atoms with Gasteiger partial charge in [-0.3, -0.25) is 0 Å². The lowest BCUT2D eigenvalue weighted by Crippen LogP contribution is -2.25. The molecule has 11 heavy (non-hydrogen) atoms.